The predicted molar refractivity (Wildman–Crippen MR) is 131 cm³/mol. The van der Waals surface area contributed by atoms with Crippen LogP contribution in [0.2, 0.25) is 0 Å². The van der Waals surface area contributed by atoms with Crippen LogP contribution in [0, 0.1) is 19.7 Å². The van der Waals surface area contributed by atoms with Crippen molar-refractivity contribution in [2.45, 2.75) is 26.5 Å². The lowest BCUT2D eigenvalue weighted by molar-refractivity contribution is 0.0731. The zero-order valence-corrected chi connectivity index (χ0v) is 19.9. The second kappa shape index (κ2) is 9.44. The number of amides is 1. The highest BCUT2D eigenvalue weighted by molar-refractivity contribution is 5.95. The van der Waals surface area contributed by atoms with E-state index in [-0.39, 0.29) is 28.8 Å². The van der Waals surface area contributed by atoms with Crippen molar-refractivity contribution in [3.8, 4) is 11.5 Å². The number of hydrogen-bond donors (Lipinski definition) is 0. The van der Waals surface area contributed by atoms with E-state index >= 15 is 0 Å². The molecule has 0 N–H and O–H groups in total. The van der Waals surface area contributed by atoms with Gasteiger partial charge in [0.15, 0.2) is 23.0 Å². The van der Waals surface area contributed by atoms with Crippen molar-refractivity contribution >= 4 is 11.6 Å². The number of para-hydroxylation sites is 3. The number of nitrogens with zero attached hydrogens (tertiary/aromatic N) is 3. The van der Waals surface area contributed by atoms with Crippen LogP contribution in [0.25, 0.3) is 0 Å². The van der Waals surface area contributed by atoms with Gasteiger partial charge in [0.25, 0.3) is 5.91 Å². The number of ether oxygens (including phenoxy) is 2. The van der Waals surface area contributed by atoms with E-state index in [2.05, 4.69) is 0 Å². The molecule has 3 heterocycles. The third-order valence-corrected chi connectivity index (χ3v) is 6.71. The predicted octanol–water partition coefficient (Wildman–Crippen LogP) is 3.41. The van der Waals surface area contributed by atoms with Crippen molar-refractivity contribution in [2.24, 2.45) is 0 Å². The molecule has 5 rings (SSSR count). The summed E-state index contributed by atoms with van der Waals surface area (Å²) in [5.74, 6) is 0.827. The number of aryl methyl sites for hydroxylation is 1. The normalized spacial score (nSPS) is 17.4. The first-order valence-corrected chi connectivity index (χ1v) is 11.8. The summed E-state index contributed by atoms with van der Waals surface area (Å²) in [5.41, 5.74) is 1.79. The van der Waals surface area contributed by atoms with Crippen LogP contribution in [0.1, 0.15) is 21.7 Å². The maximum Gasteiger partial charge on any atom is 0.259 e. The van der Waals surface area contributed by atoms with Crippen LogP contribution in [0.3, 0.4) is 0 Å². The third-order valence-electron chi connectivity index (χ3n) is 6.71. The molecule has 8 heteroatoms. The summed E-state index contributed by atoms with van der Waals surface area (Å²) in [6, 6.07) is 15.7. The van der Waals surface area contributed by atoms with Gasteiger partial charge in [0.1, 0.15) is 18.0 Å². The number of piperazine rings is 1. The molecule has 3 aromatic rings. The summed E-state index contributed by atoms with van der Waals surface area (Å²) in [4.78, 5) is 29.9. The van der Waals surface area contributed by atoms with Gasteiger partial charge in [-0.3, -0.25) is 9.59 Å². The highest BCUT2D eigenvalue weighted by Gasteiger charge is 2.28. The Labute approximate surface area is 203 Å². The zero-order chi connectivity index (χ0) is 24.5. The van der Waals surface area contributed by atoms with Gasteiger partial charge < -0.3 is 23.8 Å². The lowest BCUT2D eigenvalue weighted by atomic mass is 10.1. The number of aromatic nitrogens is 1. The smallest absolute Gasteiger partial charge is 0.259 e. The van der Waals surface area contributed by atoms with Crippen LogP contribution in [-0.2, 0) is 6.54 Å². The highest BCUT2D eigenvalue weighted by Crippen LogP contribution is 2.31. The Balaban J connectivity index is 1.33. The second-order valence-corrected chi connectivity index (χ2v) is 8.95. The van der Waals surface area contributed by atoms with Gasteiger partial charge >= 0.3 is 0 Å². The second-order valence-electron chi connectivity index (χ2n) is 8.95. The Bertz CT molecular complexity index is 1310. The first-order valence-electron chi connectivity index (χ1n) is 11.8. The molecule has 2 aliphatic rings. The van der Waals surface area contributed by atoms with Gasteiger partial charge in [0.2, 0.25) is 0 Å². The number of pyridine rings is 1. The minimum absolute atomic E-state index is 0.173. The average molecular weight is 478 g/mol. The Morgan fingerprint density at radius 1 is 1.00 bits per heavy atom. The lowest BCUT2D eigenvalue weighted by Gasteiger charge is -2.36. The summed E-state index contributed by atoms with van der Waals surface area (Å²) in [7, 11) is 0. The number of carbonyl (C=O) groups excluding carboxylic acids is 1. The number of hydrogen-bond acceptors (Lipinski definition) is 5. The standard InChI is InChI=1S/C27H28FN3O4/c1-18-15-23(32)26(19(2)31(18)16-20-17-34-24-9-5-6-10-25(24)35-20)27(33)30-13-11-29(12-14-30)22-8-4-3-7-21(22)28/h3-10,15,20H,11-14,16-17H2,1-2H3/t20-/m0/s1. The molecule has 35 heavy (non-hydrogen) atoms. The number of carbonyl (C=O) groups is 1. The van der Waals surface area contributed by atoms with E-state index in [0.29, 0.717) is 62.2 Å². The van der Waals surface area contributed by atoms with E-state index in [9.17, 15) is 14.0 Å². The van der Waals surface area contributed by atoms with E-state index in [1.165, 1.54) is 12.1 Å². The Morgan fingerprint density at radius 2 is 1.69 bits per heavy atom. The molecular weight excluding hydrogens is 449 g/mol. The zero-order valence-electron chi connectivity index (χ0n) is 19.9. The van der Waals surface area contributed by atoms with E-state index in [1.54, 1.807) is 30.0 Å². The molecule has 0 unspecified atom stereocenters. The van der Waals surface area contributed by atoms with Crippen LogP contribution < -0.4 is 19.8 Å². The van der Waals surface area contributed by atoms with Gasteiger partial charge in [-0.15, -0.1) is 0 Å². The quantitative estimate of drug-likeness (QED) is 0.576. The van der Waals surface area contributed by atoms with Crippen molar-refractivity contribution in [1.82, 2.24) is 9.47 Å². The first-order chi connectivity index (χ1) is 16.9. The molecule has 182 valence electrons. The maximum absolute atomic E-state index is 14.2. The highest BCUT2D eigenvalue weighted by atomic mass is 19.1. The van der Waals surface area contributed by atoms with Crippen molar-refractivity contribution in [3.05, 3.63) is 87.6 Å². The molecule has 1 aromatic heterocycles. The molecule has 0 saturated carbocycles. The molecule has 0 bridgehead atoms. The number of rotatable bonds is 4. The van der Waals surface area contributed by atoms with Crippen LogP contribution >= 0.6 is 0 Å². The molecular formula is C27H28FN3O4. The molecule has 1 saturated heterocycles. The summed E-state index contributed by atoms with van der Waals surface area (Å²) >= 11 is 0. The number of benzene rings is 2. The van der Waals surface area contributed by atoms with Crippen LogP contribution in [0.5, 0.6) is 11.5 Å². The topological polar surface area (TPSA) is 64.0 Å². The van der Waals surface area contributed by atoms with Gasteiger partial charge in [-0.25, -0.2) is 4.39 Å². The fourth-order valence-corrected chi connectivity index (χ4v) is 4.83. The van der Waals surface area contributed by atoms with Gasteiger partial charge in [-0.1, -0.05) is 24.3 Å². The van der Waals surface area contributed by atoms with Crippen LogP contribution in [0.4, 0.5) is 10.1 Å². The number of anilines is 1. The van der Waals surface area contributed by atoms with E-state index in [1.807, 2.05) is 40.7 Å². The SMILES string of the molecule is Cc1cc(=O)c(C(=O)N2CCN(c3ccccc3F)CC2)c(C)n1C[C@H]1COc2ccccc2O1. The van der Waals surface area contributed by atoms with E-state index in [4.69, 9.17) is 9.47 Å². The van der Waals surface area contributed by atoms with Crippen molar-refractivity contribution in [3.63, 3.8) is 0 Å². The summed E-state index contributed by atoms with van der Waals surface area (Å²) in [6.45, 7) is 6.31. The molecule has 1 amide bonds. The fourth-order valence-electron chi connectivity index (χ4n) is 4.83. The summed E-state index contributed by atoms with van der Waals surface area (Å²) < 4.78 is 28.1. The van der Waals surface area contributed by atoms with E-state index < -0.39 is 0 Å². The largest absolute Gasteiger partial charge is 0.486 e. The van der Waals surface area contributed by atoms with Crippen molar-refractivity contribution in [1.29, 1.82) is 0 Å². The van der Waals surface area contributed by atoms with E-state index in [0.717, 1.165) is 5.69 Å². The molecule has 0 spiro atoms. The fraction of sp³-hybridized carbons (Fsp3) is 0.333. The molecule has 1 fully saturated rings. The summed E-state index contributed by atoms with van der Waals surface area (Å²) in [6.07, 6.45) is -0.253. The van der Waals surface area contributed by atoms with Crippen molar-refractivity contribution < 1.29 is 18.7 Å². The number of halogens is 1. The molecule has 2 aromatic carbocycles. The maximum atomic E-state index is 14.2. The molecule has 2 aliphatic heterocycles. The molecule has 0 radical (unpaired) electrons. The number of fused-ring (bicyclic) bond motifs is 1. The minimum atomic E-state index is -0.291. The molecule has 1 atom stereocenters. The Kier molecular flexibility index (Phi) is 6.19. The van der Waals surface area contributed by atoms with Gasteiger partial charge in [0, 0.05) is 43.6 Å². The third kappa shape index (κ3) is 4.48. The Morgan fingerprint density at radius 3 is 2.43 bits per heavy atom. The lowest BCUT2D eigenvalue weighted by Crippen LogP contribution is -2.50. The first kappa shape index (κ1) is 23.0. The minimum Gasteiger partial charge on any atom is -0.486 e. The Hall–Kier alpha value is -3.81. The van der Waals surface area contributed by atoms with Gasteiger partial charge in [-0.05, 0) is 38.1 Å². The average Bonchev–Trinajstić information content (AvgIpc) is 2.86. The van der Waals surface area contributed by atoms with Gasteiger partial charge in [-0.2, -0.15) is 0 Å². The molecule has 7 nitrogen and oxygen atoms in total. The van der Waals surface area contributed by atoms with Gasteiger partial charge in [0.05, 0.1) is 12.2 Å². The van der Waals surface area contributed by atoms with Crippen LogP contribution in [0.15, 0.2) is 59.4 Å². The molecule has 0 aliphatic carbocycles. The monoisotopic (exact) mass is 477 g/mol. The summed E-state index contributed by atoms with van der Waals surface area (Å²) in [5, 5.41) is 0. The van der Waals surface area contributed by atoms with Crippen molar-refractivity contribution in [2.75, 3.05) is 37.7 Å². The van der Waals surface area contributed by atoms with Crippen LogP contribution in [-0.4, -0.2) is 54.3 Å².